The minimum Gasteiger partial charge on any atom is -0.329 e. The van der Waals surface area contributed by atoms with E-state index in [0.717, 1.165) is 32.0 Å². The van der Waals surface area contributed by atoms with E-state index in [4.69, 9.17) is 5.73 Å². The first-order valence-electron chi connectivity index (χ1n) is 5.61. The zero-order valence-electron chi connectivity index (χ0n) is 9.13. The fourth-order valence-electron chi connectivity index (χ4n) is 2.30. The summed E-state index contributed by atoms with van der Waals surface area (Å²) in [5, 5.41) is 0. The molecule has 1 aromatic rings. The molecule has 1 saturated heterocycles. The van der Waals surface area contributed by atoms with Gasteiger partial charge in [0.2, 0.25) is 0 Å². The topological polar surface area (TPSA) is 29.3 Å². The summed E-state index contributed by atoms with van der Waals surface area (Å²) >= 11 is 0. The van der Waals surface area contributed by atoms with Crippen LogP contribution in [0.25, 0.3) is 0 Å². The standard InChI is InChI=1S/C12H16F2N2/c13-9-3-4-11(14)10(7-9)12(8-15)16-5-1-2-6-16/h3-4,7,12H,1-2,5-6,8,15H2/t12-/m0/s1. The minimum absolute atomic E-state index is 0.196. The number of hydrogen-bond acceptors (Lipinski definition) is 2. The van der Waals surface area contributed by atoms with Crippen molar-refractivity contribution in [1.29, 1.82) is 0 Å². The van der Waals surface area contributed by atoms with Crippen molar-refractivity contribution in [3.63, 3.8) is 0 Å². The monoisotopic (exact) mass is 226 g/mol. The maximum atomic E-state index is 13.6. The van der Waals surface area contributed by atoms with Crippen LogP contribution in [0.1, 0.15) is 24.4 Å². The van der Waals surface area contributed by atoms with Crippen LogP contribution in [0, 0.1) is 11.6 Å². The van der Waals surface area contributed by atoms with E-state index in [1.807, 2.05) is 0 Å². The van der Waals surface area contributed by atoms with Crippen LogP contribution in [0.4, 0.5) is 8.78 Å². The van der Waals surface area contributed by atoms with Gasteiger partial charge in [0, 0.05) is 18.2 Å². The zero-order chi connectivity index (χ0) is 11.5. The molecule has 1 atom stereocenters. The number of benzene rings is 1. The van der Waals surface area contributed by atoms with Crippen LogP contribution >= 0.6 is 0 Å². The van der Waals surface area contributed by atoms with Gasteiger partial charge in [0.05, 0.1) is 0 Å². The van der Waals surface area contributed by atoms with Crippen molar-refractivity contribution in [3.05, 3.63) is 35.4 Å². The van der Waals surface area contributed by atoms with E-state index >= 15 is 0 Å². The summed E-state index contributed by atoms with van der Waals surface area (Å²) in [5.74, 6) is -0.780. The van der Waals surface area contributed by atoms with Crippen LogP contribution < -0.4 is 5.73 Å². The smallest absolute Gasteiger partial charge is 0.128 e. The van der Waals surface area contributed by atoms with Crippen LogP contribution in [-0.2, 0) is 0 Å². The first-order chi connectivity index (χ1) is 7.72. The van der Waals surface area contributed by atoms with Crippen LogP contribution in [0.15, 0.2) is 18.2 Å². The number of hydrogen-bond donors (Lipinski definition) is 1. The van der Waals surface area contributed by atoms with E-state index in [2.05, 4.69) is 4.90 Å². The molecule has 1 aliphatic rings. The van der Waals surface area contributed by atoms with E-state index in [9.17, 15) is 8.78 Å². The van der Waals surface area contributed by atoms with Gasteiger partial charge in [-0.15, -0.1) is 0 Å². The normalized spacial score (nSPS) is 18.9. The number of nitrogens with zero attached hydrogens (tertiary/aromatic N) is 1. The largest absolute Gasteiger partial charge is 0.329 e. The summed E-state index contributed by atoms with van der Waals surface area (Å²) in [6.45, 7) is 2.15. The number of rotatable bonds is 3. The molecular weight excluding hydrogens is 210 g/mol. The van der Waals surface area contributed by atoms with Crippen molar-refractivity contribution in [2.75, 3.05) is 19.6 Å². The fraction of sp³-hybridized carbons (Fsp3) is 0.500. The molecule has 0 spiro atoms. The molecule has 1 fully saturated rings. The predicted octanol–water partition coefficient (Wildman–Crippen LogP) is 2.06. The van der Waals surface area contributed by atoms with Crippen molar-refractivity contribution in [2.45, 2.75) is 18.9 Å². The van der Waals surface area contributed by atoms with Gasteiger partial charge in [-0.25, -0.2) is 8.78 Å². The lowest BCUT2D eigenvalue weighted by molar-refractivity contribution is 0.245. The summed E-state index contributed by atoms with van der Waals surface area (Å²) < 4.78 is 26.7. The maximum Gasteiger partial charge on any atom is 0.128 e. The van der Waals surface area contributed by atoms with Gasteiger partial charge >= 0.3 is 0 Å². The molecule has 2 rings (SSSR count). The molecule has 1 aliphatic heterocycles. The summed E-state index contributed by atoms with van der Waals surface area (Å²) in [4.78, 5) is 2.12. The molecule has 0 aromatic heterocycles. The lowest BCUT2D eigenvalue weighted by Gasteiger charge is -2.26. The summed E-state index contributed by atoms with van der Waals surface area (Å²) in [6, 6.07) is 3.36. The quantitative estimate of drug-likeness (QED) is 0.854. The highest BCUT2D eigenvalue weighted by Crippen LogP contribution is 2.26. The second-order valence-corrected chi connectivity index (χ2v) is 4.16. The average molecular weight is 226 g/mol. The second kappa shape index (κ2) is 4.89. The lowest BCUT2D eigenvalue weighted by atomic mass is 10.0. The Labute approximate surface area is 94.0 Å². The third-order valence-corrected chi connectivity index (χ3v) is 3.12. The van der Waals surface area contributed by atoms with Crippen molar-refractivity contribution in [2.24, 2.45) is 5.73 Å². The molecule has 1 aromatic carbocycles. The molecule has 16 heavy (non-hydrogen) atoms. The van der Waals surface area contributed by atoms with Crippen molar-refractivity contribution < 1.29 is 8.78 Å². The van der Waals surface area contributed by atoms with Gasteiger partial charge in [-0.05, 0) is 44.1 Å². The molecule has 0 amide bonds. The third kappa shape index (κ3) is 2.23. The van der Waals surface area contributed by atoms with E-state index < -0.39 is 5.82 Å². The zero-order valence-corrected chi connectivity index (χ0v) is 9.13. The van der Waals surface area contributed by atoms with E-state index in [1.54, 1.807) is 0 Å². The number of likely N-dealkylation sites (tertiary alicyclic amines) is 1. The van der Waals surface area contributed by atoms with Crippen LogP contribution in [-0.4, -0.2) is 24.5 Å². The highest BCUT2D eigenvalue weighted by Gasteiger charge is 2.24. The molecule has 0 bridgehead atoms. The highest BCUT2D eigenvalue weighted by atomic mass is 19.1. The molecule has 0 aliphatic carbocycles. The molecule has 0 radical (unpaired) electrons. The number of nitrogens with two attached hydrogens (primary N) is 1. The second-order valence-electron chi connectivity index (χ2n) is 4.16. The van der Waals surface area contributed by atoms with E-state index in [-0.39, 0.29) is 11.9 Å². The Bertz CT molecular complexity index is 362. The molecule has 0 saturated carbocycles. The van der Waals surface area contributed by atoms with Gasteiger partial charge < -0.3 is 5.73 Å². The first-order valence-corrected chi connectivity index (χ1v) is 5.61. The SMILES string of the molecule is NC[C@@H](c1cc(F)ccc1F)N1CCCC1. The molecule has 2 nitrogen and oxygen atoms in total. The van der Waals surface area contributed by atoms with Crippen molar-refractivity contribution in [3.8, 4) is 0 Å². The fourth-order valence-corrected chi connectivity index (χ4v) is 2.30. The molecule has 88 valence electrons. The van der Waals surface area contributed by atoms with Crippen molar-refractivity contribution in [1.82, 2.24) is 4.90 Å². The highest BCUT2D eigenvalue weighted by molar-refractivity contribution is 5.23. The van der Waals surface area contributed by atoms with Crippen LogP contribution in [0.5, 0.6) is 0 Å². The van der Waals surface area contributed by atoms with E-state index in [1.165, 1.54) is 12.1 Å². The number of halogens is 2. The molecular formula is C12H16F2N2. The van der Waals surface area contributed by atoms with Crippen LogP contribution in [0.2, 0.25) is 0 Å². The molecule has 0 unspecified atom stereocenters. The van der Waals surface area contributed by atoms with Crippen LogP contribution in [0.3, 0.4) is 0 Å². The first kappa shape index (κ1) is 11.5. The van der Waals surface area contributed by atoms with Gasteiger partial charge in [-0.3, -0.25) is 4.90 Å². The Hall–Kier alpha value is -1.00. The predicted molar refractivity (Wildman–Crippen MR) is 59.0 cm³/mol. The van der Waals surface area contributed by atoms with E-state index in [0.29, 0.717) is 12.1 Å². The Morgan fingerprint density at radius 1 is 1.25 bits per heavy atom. The summed E-state index contributed by atoms with van der Waals surface area (Å²) in [7, 11) is 0. The van der Waals surface area contributed by atoms with Gasteiger partial charge in [-0.1, -0.05) is 0 Å². The Balaban J connectivity index is 2.28. The van der Waals surface area contributed by atoms with Crippen molar-refractivity contribution >= 4 is 0 Å². The molecule has 4 heteroatoms. The summed E-state index contributed by atoms with van der Waals surface area (Å²) in [6.07, 6.45) is 2.21. The lowest BCUT2D eigenvalue weighted by Crippen LogP contribution is -2.32. The Kier molecular flexibility index (Phi) is 3.51. The van der Waals surface area contributed by atoms with Gasteiger partial charge in [-0.2, -0.15) is 0 Å². The molecule has 2 N–H and O–H groups in total. The average Bonchev–Trinajstić information content (AvgIpc) is 2.78. The Morgan fingerprint density at radius 2 is 1.94 bits per heavy atom. The Morgan fingerprint density at radius 3 is 2.56 bits per heavy atom. The van der Waals surface area contributed by atoms with Gasteiger partial charge in [0.15, 0.2) is 0 Å². The maximum absolute atomic E-state index is 13.6. The summed E-state index contributed by atoms with van der Waals surface area (Å²) in [5.41, 5.74) is 6.05. The third-order valence-electron chi connectivity index (χ3n) is 3.12. The van der Waals surface area contributed by atoms with Gasteiger partial charge in [0.1, 0.15) is 11.6 Å². The minimum atomic E-state index is -0.408. The molecule has 1 heterocycles. The van der Waals surface area contributed by atoms with Gasteiger partial charge in [0.25, 0.3) is 0 Å².